The van der Waals surface area contributed by atoms with E-state index in [-0.39, 0.29) is 18.4 Å². The second-order valence-electron chi connectivity index (χ2n) is 10.0. The molecule has 6 rings (SSSR count). The van der Waals surface area contributed by atoms with Crippen molar-refractivity contribution in [2.24, 2.45) is 7.05 Å². The van der Waals surface area contributed by atoms with Crippen LogP contribution in [0.4, 0.5) is 0 Å². The summed E-state index contributed by atoms with van der Waals surface area (Å²) in [5, 5.41) is 0. The topological polar surface area (TPSA) is 71.3 Å². The molecule has 0 bridgehead atoms. The van der Waals surface area contributed by atoms with Gasteiger partial charge in [-0.1, -0.05) is 19.3 Å². The van der Waals surface area contributed by atoms with E-state index in [1.54, 1.807) is 17.3 Å². The zero-order valence-electron chi connectivity index (χ0n) is 19.7. The van der Waals surface area contributed by atoms with E-state index in [1.165, 1.54) is 37.7 Å². The zero-order valence-corrected chi connectivity index (χ0v) is 19.7. The second kappa shape index (κ2) is 8.53. The van der Waals surface area contributed by atoms with Crippen molar-refractivity contribution >= 4 is 22.8 Å². The second-order valence-corrected chi connectivity index (χ2v) is 10.0. The molecule has 1 saturated heterocycles. The summed E-state index contributed by atoms with van der Waals surface area (Å²) in [4.78, 5) is 39.2. The summed E-state index contributed by atoms with van der Waals surface area (Å²) < 4.78 is 1.91. The van der Waals surface area contributed by atoms with Crippen molar-refractivity contribution in [1.82, 2.24) is 24.3 Å². The van der Waals surface area contributed by atoms with Crippen molar-refractivity contribution in [3.8, 4) is 11.1 Å². The average molecular weight is 458 g/mol. The first-order chi connectivity index (χ1) is 16.6. The Bertz CT molecular complexity index is 1240. The highest BCUT2D eigenvalue weighted by Gasteiger charge is 2.34. The fourth-order valence-electron chi connectivity index (χ4n) is 5.68. The molecule has 0 radical (unpaired) electrons. The molecule has 7 nitrogen and oxygen atoms in total. The van der Waals surface area contributed by atoms with Crippen LogP contribution in [0.2, 0.25) is 0 Å². The van der Waals surface area contributed by atoms with Crippen molar-refractivity contribution < 1.29 is 9.59 Å². The SMILES string of the molecule is Cn1c(C(=O)N2CCN(C3CCCCC3)C(=O)C2)nc2c(-c3ccncc3)cc(C3CC3)cc21. The van der Waals surface area contributed by atoms with Gasteiger partial charge in [0.2, 0.25) is 5.91 Å². The van der Waals surface area contributed by atoms with Crippen LogP contribution in [-0.4, -0.2) is 61.8 Å². The van der Waals surface area contributed by atoms with E-state index >= 15 is 0 Å². The van der Waals surface area contributed by atoms with E-state index in [0.717, 1.165) is 35.0 Å². The summed E-state index contributed by atoms with van der Waals surface area (Å²) in [6.07, 6.45) is 11.8. The lowest BCUT2D eigenvalue weighted by Gasteiger charge is -2.40. The van der Waals surface area contributed by atoms with Crippen LogP contribution in [0, 0.1) is 0 Å². The summed E-state index contributed by atoms with van der Waals surface area (Å²) in [6.45, 7) is 1.32. The van der Waals surface area contributed by atoms with Gasteiger partial charge in [-0.05, 0) is 67.0 Å². The predicted octanol–water partition coefficient (Wildman–Crippen LogP) is 4.13. The molecule has 2 aliphatic carbocycles. The zero-order chi connectivity index (χ0) is 23.2. The van der Waals surface area contributed by atoms with Crippen LogP contribution >= 0.6 is 0 Å². The number of amides is 2. The van der Waals surface area contributed by atoms with Crippen molar-refractivity contribution in [3.63, 3.8) is 0 Å². The van der Waals surface area contributed by atoms with E-state index < -0.39 is 0 Å². The van der Waals surface area contributed by atoms with Crippen LogP contribution in [0.3, 0.4) is 0 Å². The van der Waals surface area contributed by atoms with Crippen molar-refractivity contribution in [2.75, 3.05) is 19.6 Å². The molecule has 1 aliphatic heterocycles. The summed E-state index contributed by atoms with van der Waals surface area (Å²) in [7, 11) is 1.91. The van der Waals surface area contributed by atoms with Gasteiger partial charge < -0.3 is 14.4 Å². The van der Waals surface area contributed by atoms with Gasteiger partial charge >= 0.3 is 0 Å². The van der Waals surface area contributed by atoms with Crippen LogP contribution in [0.5, 0.6) is 0 Å². The van der Waals surface area contributed by atoms with E-state index in [1.807, 2.05) is 28.6 Å². The number of hydrogen-bond acceptors (Lipinski definition) is 4. The first-order valence-corrected chi connectivity index (χ1v) is 12.6. The molecule has 3 aliphatic rings. The maximum atomic E-state index is 13.6. The van der Waals surface area contributed by atoms with Gasteiger partial charge in [-0.25, -0.2) is 4.98 Å². The lowest BCUT2D eigenvalue weighted by molar-refractivity contribution is -0.138. The van der Waals surface area contributed by atoms with Gasteiger partial charge in [0.25, 0.3) is 5.91 Å². The van der Waals surface area contributed by atoms with Crippen molar-refractivity contribution in [3.05, 3.63) is 48.0 Å². The lowest BCUT2D eigenvalue weighted by Crippen LogP contribution is -2.56. The Hall–Kier alpha value is -3.22. The molecule has 1 aromatic carbocycles. The molecule has 3 aromatic rings. The smallest absolute Gasteiger partial charge is 0.290 e. The number of piperazine rings is 1. The van der Waals surface area contributed by atoms with Crippen LogP contribution in [0.15, 0.2) is 36.7 Å². The lowest BCUT2D eigenvalue weighted by atomic mass is 9.93. The van der Waals surface area contributed by atoms with Crippen molar-refractivity contribution in [1.29, 1.82) is 0 Å². The Morgan fingerprint density at radius 1 is 1.00 bits per heavy atom. The first-order valence-electron chi connectivity index (χ1n) is 12.6. The molecule has 176 valence electrons. The molecular weight excluding hydrogens is 426 g/mol. The number of aryl methyl sites for hydroxylation is 1. The van der Waals surface area contributed by atoms with Gasteiger partial charge in [-0.2, -0.15) is 0 Å². The fraction of sp³-hybridized carbons (Fsp3) is 0.481. The molecular formula is C27H31N5O2. The Kier molecular flexibility index (Phi) is 5.35. The van der Waals surface area contributed by atoms with Gasteiger partial charge in [0.05, 0.1) is 11.0 Å². The fourth-order valence-corrected chi connectivity index (χ4v) is 5.68. The highest BCUT2D eigenvalue weighted by molar-refractivity contribution is 6.01. The number of imidazole rings is 1. The predicted molar refractivity (Wildman–Crippen MR) is 130 cm³/mol. The number of rotatable bonds is 4. The van der Waals surface area contributed by atoms with E-state index in [0.29, 0.717) is 30.9 Å². The molecule has 0 N–H and O–H groups in total. The van der Waals surface area contributed by atoms with Crippen LogP contribution in [0.1, 0.15) is 67.0 Å². The minimum absolute atomic E-state index is 0.0683. The van der Waals surface area contributed by atoms with Gasteiger partial charge in [-0.3, -0.25) is 14.6 Å². The number of carbonyl (C=O) groups is 2. The molecule has 3 heterocycles. The summed E-state index contributed by atoms with van der Waals surface area (Å²) in [5.41, 5.74) is 5.18. The Labute approximate surface area is 199 Å². The number of nitrogens with zero attached hydrogens (tertiary/aromatic N) is 5. The van der Waals surface area contributed by atoms with E-state index in [9.17, 15) is 9.59 Å². The molecule has 2 aromatic heterocycles. The summed E-state index contributed by atoms with van der Waals surface area (Å²) >= 11 is 0. The highest BCUT2D eigenvalue weighted by atomic mass is 16.2. The number of aromatic nitrogens is 3. The number of carbonyl (C=O) groups excluding carboxylic acids is 2. The minimum Gasteiger partial charge on any atom is -0.336 e. The Morgan fingerprint density at radius 3 is 2.47 bits per heavy atom. The van der Waals surface area contributed by atoms with Crippen molar-refractivity contribution in [2.45, 2.75) is 56.9 Å². The monoisotopic (exact) mass is 457 g/mol. The molecule has 34 heavy (non-hydrogen) atoms. The third-order valence-electron chi connectivity index (χ3n) is 7.80. The third-order valence-corrected chi connectivity index (χ3v) is 7.80. The van der Waals surface area contributed by atoms with Gasteiger partial charge in [-0.15, -0.1) is 0 Å². The molecule has 7 heteroatoms. The Balaban J connectivity index is 1.31. The Morgan fingerprint density at radius 2 is 1.76 bits per heavy atom. The van der Waals surface area contributed by atoms with E-state index in [2.05, 4.69) is 17.1 Å². The normalized spacial score (nSPS) is 19.7. The van der Waals surface area contributed by atoms with E-state index in [4.69, 9.17) is 4.98 Å². The molecule has 2 saturated carbocycles. The first kappa shape index (κ1) is 21.3. The van der Waals surface area contributed by atoms with Gasteiger partial charge in [0, 0.05) is 44.1 Å². The average Bonchev–Trinajstić information content (AvgIpc) is 3.68. The molecule has 0 unspecified atom stereocenters. The van der Waals surface area contributed by atoms with Gasteiger partial charge in [0.15, 0.2) is 5.82 Å². The minimum atomic E-state index is -0.163. The van der Waals surface area contributed by atoms with Gasteiger partial charge in [0.1, 0.15) is 6.54 Å². The number of pyridine rings is 1. The molecule has 0 spiro atoms. The molecule has 2 amide bonds. The molecule has 3 fully saturated rings. The van der Waals surface area contributed by atoms with Crippen LogP contribution < -0.4 is 0 Å². The number of benzene rings is 1. The highest BCUT2D eigenvalue weighted by Crippen LogP contribution is 2.43. The summed E-state index contributed by atoms with van der Waals surface area (Å²) in [5.74, 6) is 0.893. The molecule has 0 atom stereocenters. The number of fused-ring (bicyclic) bond motifs is 1. The maximum absolute atomic E-state index is 13.6. The number of hydrogen-bond donors (Lipinski definition) is 0. The summed E-state index contributed by atoms with van der Waals surface area (Å²) in [6, 6.07) is 8.74. The standard InChI is InChI=1S/C27H31N5O2/c1-30-23-16-20(18-7-8-18)15-22(19-9-11-28-12-10-19)25(23)29-26(30)27(34)31-13-14-32(24(33)17-31)21-5-3-2-4-6-21/h9-12,15-16,18,21H,2-8,13-14,17H2,1H3. The van der Waals surface area contributed by atoms with Crippen LogP contribution in [-0.2, 0) is 11.8 Å². The van der Waals surface area contributed by atoms with Crippen LogP contribution in [0.25, 0.3) is 22.2 Å². The maximum Gasteiger partial charge on any atom is 0.290 e. The quantitative estimate of drug-likeness (QED) is 0.591. The largest absolute Gasteiger partial charge is 0.336 e. The third kappa shape index (κ3) is 3.77.